The van der Waals surface area contributed by atoms with Crippen molar-refractivity contribution in [1.29, 1.82) is 0 Å². The van der Waals surface area contributed by atoms with Gasteiger partial charge >= 0.3 is 0 Å². The van der Waals surface area contributed by atoms with Crippen molar-refractivity contribution in [2.75, 3.05) is 20.1 Å². The molecule has 4 nitrogen and oxygen atoms in total. The first-order valence-corrected chi connectivity index (χ1v) is 5.90. The van der Waals surface area contributed by atoms with Crippen LogP contribution < -0.4 is 10.6 Å². The van der Waals surface area contributed by atoms with Gasteiger partial charge < -0.3 is 15.2 Å². The van der Waals surface area contributed by atoms with E-state index >= 15 is 0 Å². The van der Waals surface area contributed by atoms with Crippen LogP contribution in [0, 0.1) is 5.92 Å². The Bertz CT molecular complexity index is 379. The van der Waals surface area contributed by atoms with Gasteiger partial charge in [-0.15, -0.1) is 0 Å². The molecular formula is C12H19F2N3O. The first-order chi connectivity index (χ1) is 8.54. The zero-order valence-corrected chi connectivity index (χ0v) is 10.6. The highest BCUT2D eigenvalue weighted by Crippen LogP contribution is 2.06. The monoisotopic (exact) mass is 259 g/mol. The molecule has 18 heavy (non-hydrogen) atoms. The molecule has 102 valence electrons. The van der Waals surface area contributed by atoms with Gasteiger partial charge in [0, 0.05) is 12.7 Å². The van der Waals surface area contributed by atoms with Crippen LogP contribution in [0.5, 0.6) is 0 Å². The molecule has 0 bridgehead atoms. The van der Waals surface area contributed by atoms with Crippen LogP contribution in [0.15, 0.2) is 18.3 Å². The normalized spacial score (nSPS) is 12.7. The number of carbonyl (C=O) groups is 1. The Balaban J connectivity index is 2.53. The second-order valence-electron chi connectivity index (χ2n) is 4.31. The summed E-state index contributed by atoms with van der Waals surface area (Å²) in [5.41, 5.74) is 0.270. The van der Waals surface area contributed by atoms with Gasteiger partial charge in [-0.3, -0.25) is 4.79 Å². The van der Waals surface area contributed by atoms with Gasteiger partial charge in [0.1, 0.15) is 5.69 Å². The molecule has 1 aromatic heterocycles. The number of aromatic nitrogens is 1. The second-order valence-corrected chi connectivity index (χ2v) is 4.31. The quantitative estimate of drug-likeness (QED) is 0.776. The molecule has 6 heteroatoms. The number of halogens is 2. The lowest BCUT2D eigenvalue weighted by atomic mass is 10.2. The molecule has 1 amide bonds. The number of hydrogen-bond acceptors (Lipinski definition) is 2. The molecule has 2 N–H and O–H groups in total. The summed E-state index contributed by atoms with van der Waals surface area (Å²) in [6.07, 6.45) is -0.981. The largest absolute Gasteiger partial charge is 0.350 e. The van der Waals surface area contributed by atoms with Crippen molar-refractivity contribution in [3.05, 3.63) is 24.0 Å². The van der Waals surface area contributed by atoms with Crippen LogP contribution in [0.4, 0.5) is 8.78 Å². The van der Waals surface area contributed by atoms with Crippen molar-refractivity contribution < 1.29 is 13.6 Å². The summed E-state index contributed by atoms with van der Waals surface area (Å²) in [6, 6.07) is 3.13. The van der Waals surface area contributed by atoms with Crippen LogP contribution in [0.25, 0.3) is 0 Å². The Hall–Kier alpha value is -1.43. The van der Waals surface area contributed by atoms with E-state index in [0.29, 0.717) is 6.54 Å². The minimum Gasteiger partial charge on any atom is -0.350 e. The maximum atomic E-state index is 12.3. The number of nitrogens with zero attached hydrogens (tertiary/aromatic N) is 1. The Kier molecular flexibility index (Phi) is 5.77. The Morgan fingerprint density at radius 3 is 2.78 bits per heavy atom. The van der Waals surface area contributed by atoms with Crippen molar-refractivity contribution in [2.24, 2.45) is 5.92 Å². The van der Waals surface area contributed by atoms with Crippen molar-refractivity contribution in [1.82, 2.24) is 15.2 Å². The van der Waals surface area contributed by atoms with Crippen LogP contribution in [0.1, 0.15) is 17.4 Å². The lowest BCUT2D eigenvalue weighted by molar-refractivity contribution is 0.0925. The molecule has 0 aromatic carbocycles. The van der Waals surface area contributed by atoms with E-state index in [2.05, 4.69) is 10.6 Å². The highest BCUT2D eigenvalue weighted by molar-refractivity contribution is 5.92. The molecule has 0 radical (unpaired) electrons. The van der Waals surface area contributed by atoms with Gasteiger partial charge in [-0.2, -0.15) is 0 Å². The minimum absolute atomic E-state index is 0.270. The second kappa shape index (κ2) is 7.10. The molecule has 1 unspecified atom stereocenters. The topological polar surface area (TPSA) is 46.1 Å². The van der Waals surface area contributed by atoms with Crippen molar-refractivity contribution in [2.45, 2.75) is 19.9 Å². The van der Waals surface area contributed by atoms with Crippen LogP contribution in [-0.2, 0) is 6.54 Å². The predicted molar refractivity (Wildman–Crippen MR) is 65.9 cm³/mol. The molecule has 0 saturated heterocycles. The standard InChI is InChI=1S/C12H19F2N3O/c1-9(6-15-2)7-16-12(18)10-4-3-5-17(10)8-11(13)14/h3-5,9,11,15H,6-8H2,1-2H3,(H,16,18). The van der Waals surface area contributed by atoms with Crippen LogP contribution in [-0.4, -0.2) is 37.0 Å². The molecule has 1 heterocycles. The summed E-state index contributed by atoms with van der Waals surface area (Å²) in [5.74, 6) is -0.0268. The Morgan fingerprint density at radius 2 is 2.17 bits per heavy atom. The molecule has 0 aliphatic heterocycles. The third-order valence-corrected chi connectivity index (χ3v) is 2.56. The lowest BCUT2D eigenvalue weighted by Crippen LogP contribution is -2.33. The molecule has 1 rings (SSSR count). The van der Waals surface area contributed by atoms with E-state index in [1.54, 1.807) is 12.1 Å². The lowest BCUT2D eigenvalue weighted by Gasteiger charge is -2.13. The number of alkyl halides is 2. The van der Waals surface area contributed by atoms with E-state index in [1.807, 2.05) is 14.0 Å². The van der Waals surface area contributed by atoms with E-state index in [9.17, 15) is 13.6 Å². The van der Waals surface area contributed by atoms with Gasteiger partial charge in [-0.25, -0.2) is 8.78 Å². The molecule has 0 fully saturated rings. The molecule has 0 aliphatic rings. The summed E-state index contributed by atoms with van der Waals surface area (Å²) in [5, 5.41) is 5.75. The van der Waals surface area contributed by atoms with E-state index in [0.717, 1.165) is 6.54 Å². The van der Waals surface area contributed by atoms with Gasteiger partial charge in [0.2, 0.25) is 0 Å². The maximum Gasteiger partial charge on any atom is 0.267 e. The fourth-order valence-electron chi connectivity index (χ4n) is 1.71. The first-order valence-electron chi connectivity index (χ1n) is 5.90. The van der Waals surface area contributed by atoms with E-state index in [-0.39, 0.29) is 17.5 Å². The third-order valence-electron chi connectivity index (χ3n) is 2.56. The van der Waals surface area contributed by atoms with Crippen molar-refractivity contribution in [3.8, 4) is 0 Å². The Labute approximate surface area is 105 Å². The van der Waals surface area contributed by atoms with E-state index in [1.165, 1.54) is 10.8 Å². The Morgan fingerprint density at radius 1 is 1.44 bits per heavy atom. The number of hydrogen-bond donors (Lipinski definition) is 2. The summed E-state index contributed by atoms with van der Waals surface area (Å²) in [4.78, 5) is 11.8. The number of carbonyl (C=O) groups excluding carboxylic acids is 1. The van der Waals surface area contributed by atoms with E-state index < -0.39 is 13.0 Å². The summed E-state index contributed by atoms with van der Waals surface area (Å²) in [6.45, 7) is 2.84. The zero-order valence-electron chi connectivity index (χ0n) is 10.6. The fraction of sp³-hybridized carbons (Fsp3) is 0.583. The maximum absolute atomic E-state index is 12.3. The highest BCUT2D eigenvalue weighted by Gasteiger charge is 2.14. The van der Waals surface area contributed by atoms with Crippen LogP contribution in [0.3, 0.4) is 0 Å². The van der Waals surface area contributed by atoms with Gasteiger partial charge in [-0.1, -0.05) is 6.92 Å². The van der Waals surface area contributed by atoms with Gasteiger partial charge in [-0.05, 0) is 31.6 Å². The number of nitrogens with one attached hydrogen (secondary N) is 2. The average molecular weight is 259 g/mol. The first kappa shape index (κ1) is 14.6. The van der Waals surface area contributed by atoms with E-state index in [4.69, 9.17) is 0 Å². The number of rotatable bonds is 7. The SMILES string of the molecule is CNCC(C)CNC(=O)c1cccn1CC(F)F. The number of amides is 1. The third kappa shape index (κ3) is 4.44. The summed E-state index contributed by atoms with van der Waals surface area (Å²) in [7, 11) is 1.84. The van der Waals surface area contributed by atoms with Crippen LogP contribution >= 0.6 is 0 Å². The minimum atomic E-state index is -2.47. The molecule has 0 spiro atoms. The smallest absolute Gasteiger partial charge is 0.267 e. The van der Waals surface area contributed by atoms with Crippen LogP contribution in [0.2, 0.25) is 0 Å². The molecular weight excluding hydrogens is 240 g/mol. The van der Waals surface area contributed by atoms with Gasteiger partial charge in [0.25, 0.3) is 12.3 Å². The van der Waals surface area contributed by atoms with Gasteiger partial charge in [0.05, 0.1) is 6.54 Å². The van der Waals surface area contributed by atoms with Crippen molar-refractivity contribution >= 4 is 5.91 Å². The average Bonchev–Trinajstić information content (AvgIpc) is 2.73. The zero-order chi connectivity index (χ0) is 13.5. The predicted octanol–water partition coefficient (Wildman–Crippen LogP) is 1.34. The molecule has 1 atom stereocenters. The summed E-state index contributed by atoms with van der Waals surface area (Å²) < 4.78 is 25.9. The highest BCUT2D eigenvalue weighted by atomic mass is 19.3. The molecule has 1 aromatic rings. The fourth-order valence-corrected chi connectivity index (χ4v) is 1.71. The summed E-state index contributed by atoms with van der Waals surface area (Å²) >= 11 is 0. The molecule has 0 aliphatic carbocycles. The van der Waals surface area contributed by atoms with Crippen molar-refractivity contribution in [3.63, 3.8) is 0 Å². The molecule has 0 saturated carbocycles. The van der Waals surface area contributed by atoms with Gasteiger partial charge in [0.15, 0.2) is 0 Å².